The van der Waals surface area contributed by atoms with Gasteiger partial charge < -0.3 is 20.5 Å². The monoisotopic (exact) mass is 350 g/mol. The summed E-state index contributed by atoms with van der Waals surface area (Å²) in [5, 5.41) is 3.29. The highest BCUT2D eigenvalue weighted by molar-refractivity contribution is 5.67. The topological polar surface area (TPSA) is 82.3 Å². The van der Waals surface area contributed by atoms with Crippen LogP contribution in [-0.4, -0.2) is 24.2 Å². The van der Waals surface area contributed by atoms with Crippen molar-refractivity contribution in [3.05, 3.63) is 53.6 Å². The predicted molar refractivity (Wildman–Crippen MR) is 104 cm³/mol. The molecule has 0 fully saturated rings. The van der Waals surface area contributed by atoms with Crippen LogP contribution >= 0.6 is 0 Å². The molecule has 0 aliphatic carbocycles. The second-order valence-corrected chi connectivity index (χ2v) is 6.00. The summed E-state index contributed by atoms with van der Waals surface area (Å²) in [5.74, 6) is 2.78. The van der Waals surface area contributed by atoms with Gasteiger partial charge in [0.25, 0.3) is 0 Å². The maximum absolute atomic E-state index is 5.98. The molecule has 0 saturated carbocycles. The number of aromatic nitrogens is 2. The fourth-order valence-corrected chi connectivity index (χ4v) is 2.60. The Labute approximate surface area is 153 Å². The van der Waals surface area contributed by atoms with Crippen LogP contribution in [0.5, 0.6) is 11.5 Å². The Morgan fingerprint density at radius 3 is 2.31 bits per heavy atom. The van der Waals surface area contributed by atoms with Gasteiger partial charge in [-0.05, 0) is 55.3 Å². The van der Waals surface area contributed by atoms with Crippen LogP contribution in [0.15, 0.2) is 42.5 Å². The quantitative estimate of drug-likeness (QED) is 0.721. The number of ether oxygens (including phenoxy) is 2. The van der Waals surface area contributed by atoms with Crippen molar-refractivity contribution >= 4 is 17.3 Å². The number of aryl methyl sites for hydroxylation is 2. The Morgan fingerprint density at radius 1 is 0.846 bits per heavy atom. The van der Waals surface area contributed by atoms with Crippen LogP contribution in [-0.2, 0) is 0 Å². The molecular formula is C20H22N4O2. The summed E-state index contributed by atoms with van der Waals surface area (Å²) in [7, 11) is 3.19. The highest BCUT2D eigenvalue weighted by atomic mass is 16.5. The van der Waals surface area contributed by atoms with Gasteiger partial charge in [-0.1, -0.05) is 6.07 Å². The number of nitrogen functional groups attached to an aromatic ring is 1. The fraction of sp³-hybridized carbons (Fsp3) is 0.200. The Bertz CT molecular complexity index is 941. The van der Waals surface area contributed by atoms with E-state index in [0.717, 1.165) is 11.3 Å². The lowest BCUT2D eigenvalue weighted by atomic mass is 10.1. The summed E-state index contributed by atoms with van der Waals surface area (Å²) in [6, 6.07) is 13.4. The van der Waals surface area contributed by atoms with Gasteiger partial charge in [0.05, 0.1) is 14.2 Å². The molecular weight excluding hydrogens is 328 g/mol. The Balaban J connectivity index is 1.96. The van der Waals surface area contributed by atoms with E-state index >= 15 is 0 Å². The smallest absolute Gasteiger partial charge is 0.163 e. The minimum Gasteiger partial charge on any atom is -0.493 e. The molecule has 0 amide bonds. The molecule has 0 saturated heterocycles. The first kappa shape index (κ1) is 17.5. The van der Waals surface area contributed by atoms with Gasteiger partial charge in [0, 0.05) is 17.3 Å². The van der Waals surface area contributed by atoms with Crippen molar-refractivity contribution in [1.29, 1.82) is 0 Å². The van der Waals surface area contributed by atoms with E-state index in [2.05, 4.69) is 41.3 Å². The molecule has 0 unspecified atom stereocenters. The second kappa shape index (κ2) is 7.31. The van der Waals surface area contributed by atoms with E-state index in [9.17, 15) is 0 Å². The third-order valence-electron chi connectivity index (χ3n) is 4.17. The van der Waals surface area contributed by atoms with Gasteiger partial charge in [0.1, 0.15) is 11.6 Å². The predicted octanol–water partition coefficient (Wildman–Crippen LogP) is 4.10. The molecule has 26 heavy (non-hydrogen) atoms. The van der Waals surface area contributed by atoms with Gasteiger partial charge in [-0.15, -0.1) is 0 Å². The molecule has 0 radical (unpaired) electrons. The minimum absolute atomic E-state index is 0.385. The Hall–Kier alpha value is -3.28. The van der Waals surface area contributed by atoms with Gasteiger partial charge in [-0.25, -0.2) is 9.97 Å². The van der Waals surface area contributed by atoms with E-state index in [4.69, 9.17) is 15.2 Å². The average Bonchev–Trinajstić information content (AvgIpc) is 2.63. The molecule has 1 heterocycles. The number of nitrogens with zero attached hydrogens (tertiary/aromatic N) is 2. The van der Waals surface area contributed by atoms with Gasteiger partial charge in [0.2, 0.25) is 0 Å². The van der Waals surface area contributed by atoms with Crippen molar-refractivity contribution in [2.45, 2.75) is 13.8 Å². The number of nitrogens with one attached hydrogen (secondary N) is 1. The first-order valence-corrected chi connectivity index (χ1v) is 8.21. The van der Waals surface area contributed by atoms with Crippen molar-refractivity contribution in [3.8, 4) is 22.9 Å². The molecule has 0 spiro atoms. The molecule has 134 valence electrons. The zero-order valence-electron chi connectivity index (χ0n) is 15.3. The first-order valence-electron chi connectivity index (χ1n) is 8.21. The van der Waals surface area contributed by atoms with Crippen molar-refractivity contribution in [2.24, 2.45) is 0 Å². The Morgan fingerprint density at radius 2 is 1.62 bits per heavy atom. The molecule has 1 aromatic heterocycles. The summed E-state index contributed by atoms with van der Waals surface area (Å²) in [6.45, 7) is 4.15. The second-order valence-electron chi connectivity index (χ2n) is 6.00. The van der Waals surface area contributed by atoms with E-state index in [1.807, 2.05) is 24.3 Å². The van der Waals surface area contributed by atoms with E-state index < -0.39 is 0 Å². The lowest BCUT2D eigenvalue weighted by Crippen LogP contribution is -2.01. The highest BCUT2D eigenvalue weighted by Crippen LogP contribution is 2.32. The van der Waals surface area contributed by atoms with Gasteiger partial charge in [0.15, 0.2) is 17.3 Å². The van der Waals surface area contributed by atoms with Crippen LogP contribution in [0.2, 0.25) is 0 Å². The maximum Gasteiger partial charge on any atom is 0.163 e. The van der Waals surface area contributed by atoms with Gasteiger partial charge in [-0.3, -0.25) is 0 Å². The van der Waals surface area contributed by atoms with Crippen LogP contribution < -0.4 is 20.5 Å². The fourth-order valence-electron chi connectivity index (χ4n) is 2.60. The van der Waals surface area contributed by atoms with Crippen molar-refractivity contribution < 1.29 is 9.47 Å². The summed E-state index contributed by atoms with van der Waals surface area (Å²) in [5.41, 5.74) is 10.2. The molecule has 2 aromatic carbocycles. The van der Waals surface area contributed by atoms with Crippen molar-refractivity contribution in [3.63, 3.8) is 0 Å². The van der Waals surface area contributed by atoms with Gasteiger partial charge >= 0.3 is 0 Å². The lowest BCUT2D eigenvalue weighted by Gasteiger charge is -2.12. The maximum atomic E-state index is 5.98. The first-order chi connectivity index (χ1) is 12.5. The summed E-state index contributed by atoms with van der Waals surface area (Å²) >= 11 is 0. The van der Waals surface area contributed by atoms with E-state index in [1.165, 1.54) is 11.1 Å². The van der Waals surface area contributed by atoms with E-state index in [1.54, 1.807) is 20.3 Å². The molecule has 0 bridgehead atoms. The largest absolute Gasteiger partial charge is 0.493 e. The van der Waals surface area contributed by atoms with Crippen LogP contribution in [0.4, 0.5) is 17.3 Å². The standard InChI is InChI=1S/C20H22N4O2/c1-12-5-7-15(9-13(12)2)22-19-11-18(21)23-20(24-19)14-6-8-16(25-3)17(10-14)26-4/h5-11H,1-4H3,(H3,21,22,23,24). The number of benzene rings is 2. The lowest BCUT2D eigenvalue weighted by molar-refractivity contribution is 0.355. The molecule has 3 rings (SSSR count). The number of nitrogens with two attached hydrogens (primary N) is 1. The third-order valence-corrected chi connectivity index (χ3v) is 4.17. The molecule has 0 aliphatic rings. The van der Waals surface area contributed by atoms with Crippen LogP contribution in [0, 0.1) is 13.8 Å². The van der Waals surface area contributed by atoms with Crippen LogP contribution in [0.1, 0.15) is 11.1 Å². The molecule has 6 nitrogen and oxygen atoms in total. The molecule has 0 atom stereocenters. The summed E-state index contributed by atoms with van der Waals surface area (Å²) < 4.78 is 10.6. The number of hydrogen-bond donors (Lipinski definition) is 2. The number of rotatable bonds is 5. The van der Waals surface area contributed by atoms with E-state index in [0.29, 0.717) is 29.0 Å². The highest BCUT2D eigenvalue weighted by Gasteiger charge is 2.10. The zero-order chi connectivity index (χ0) is 18.7. The van der Waals surface area contributed by atoms with Crippen LogP contribution in [0.25, 0.3) is 11.4 Å². The zero-order valence-corrected chi connectivity index (χ0v) is 15.3. The van der Waals surface area contributed by atoms with Crippen LogP contribution in [0.3, 0.4) is 0 Å². The molecule has 3 N–H and O–H groups in total. The third kappa shape index (κ3) is 3.69. The van der Waals surface area contributed by atoms with Crippen molar-refractivity contribution in [2.75, 3.05) is 25.3 Å². The normalized spacial score (nSPS) is 10.5. The molecule has 3 aromatic rings. The minimum atomic E-state index is 0.385. The number of hydrogen-bond acceptors (Lipinski definition) is 6. The summed E-state index contributed by atoms with van der Waals surface area (Å²) in [4.78, 5) is 8.92. The SMILES string of the molecule is COc1ccc(-c2nc(N)cc(Nc3ccc(C)c(C)c3)n2)cc1OC. The number of anilines is 3. The van der Waals surface area contributed by atoms with Gasteiger partial charge in [-0.2, -0.15) is 0 Å². The average molecular weight is 350 g/mol. The summed E-state index contributed by atoms with van der Waals surface area (Å²) in [6.07, 6.45) is 0. The molecule has 0 aliphatic heterocycles. The van der Waals surface area contributed by atoms with E-state index in [-0.39, 0.29) is 0 Å². The Kier molecular flexibility index (Phi) is 4.93. The molecule has 6 heteroatoms. The van der Waals surface area contributed by atoms with Crippen molar-refractivity contribution in [1.82, 2.24) is 9.97 Å². The number of methoxy groups -OCH3 is 2.